The average molecular weight is 277 g/mol. The van der Waals surface area contributed by atoms with Gasteiger partial charge in [0.25, 0.3) is 0 Å². The van der Waals surface area contributed by atoms with Gasteiger partial charge in [-0.15, -0.1) is 0 Å². The molecule has 1 aromatic carbocycles. The quantitative estimate of drug-likeness (QED) is 0.911. The Morgan fingerprint density at radius 3 is 2.45 bits per heavy atom. The van der Waals surface area contributed by atoms with Gasteiger partial charge in [-0.05, 0) is 36.7 Å². The largest absolute Gasteiger partial charge is 0.493 e. The monoisotopic (exact) mass is 277 g/mol. The molecule has 1 aromatic rings. The highest BCUT2D eigenvalue weighted by Crippen LogP contribution is 2.42. The first-order valence-electron chi connectivity index (χ1n) is 7.55. The van der Waals surface area contributed by atoms with Crippen LogP contribution >= 0.6 is 0 Å². The SMILES string of the molecule is COc1cccc(C(N)C2CCC(C)C(C)C2)c1OC. The molecular formula is C17H27NO2. The van der Waals surface area contributed by atoms with Crippen molar-refractivity contribution in [3.05, 3.63) is 23.8 Å². The molecule has 2 N–H and O–H groups in total. The number of hydrogen-bond acceptors (Lipinski definition) is 3. The number of nitrogens with two attached hydrogens (primary N) is 1. The smallest absolute Gasteiger partial charge is 0.165 e. The summed E-state index contributed by atoms with van der Waals surface area (Å²) >= 11 is 0. The Morgan fingerprint density at radius 2 is 1.85 bits per heavy atom. The van der Waals surface area contributed by atoms with E-state index in [1.54, 1.807) is 14.2 Å². The van der Waals surface area contributed by atoms with Crippen molar-refractivity contribution >= 4 is 0 Å². The minimum Gasteiger partial charge on any atom is -0.493 e. The summed E-state index contributed by atoms with van der Waals surface area (Å²) in [4.78, 5) is 0. The second-order valence-electron chi connectivity index (χ2n) is 6.14. The lowest BCUT2D eigenvalue weighted by atomic mass is 9.72. The highest BCUT2D eigenvalue weighted by atomic mass is 16.5. The van der Waals surface area contributed by atoms with E-state index in [0.717, 1.165) is 28.9 Å². The third-order valence-corrected chi connectivity index (χ3v) is 4.94. The maximum atomic E-state index is 6.54. The Balaban J connectivity index is 2.23. The zero-order valence-corrected chi connectivity index (χ0v) is 13.1. The van der Waals surface area contributed by atoms with Crippen LogP contribution in [0.5, 0.6) is 11.5 Å². The lowest BCUT2D eigenvalue weighted by Gasteiger charge is -2.35. The minimum absolute atomic E-state index is 0.0231. The van der Waals surface area contributed by atoms with Crippen LogP contribution < -0.4 is 15.2 Å². The number of para-hydroxylation sites is 1. The number of methoxy groups -OCH3 is 2. The summed E-state index contributed by atoms with van der Waals surface area (Å²) in [6, 6.07) is 6.00. The van der Waals surface area contributed by atoms with Crippen molar-refractivity contribution in [1.29, 1.82) is 0 Å². The number of rotatable bonds is 4. The molecule has 1 aliphatic carbocycles. The molecule has 20 heavy (non-hydrogen) atoms. The Morgan fingerprint density at radius 1 is 1.10 bits per heavy atom. The molecule has 3 nitrogen and oxygen atoms in total. The Bertz CT molecular complexity index is 447. The van der Waals surface area contributed by atoms with E-state index < -0.39 is 0 Å². The zero-order chi connectivity index (χ0) is 14.7. The summed E-state index contributed by atoms with van der Waals surface area (Å²) in [5.74, 6) is 3.63. The first kappa shape index (κ1) is 15.2. The fourth-order valence-electron chi connectivity index (χ4n) is 3.34. The van der Waals surface area contributed by atoms with Crippen molar-refractivity contribution in [3.63, 3.8) is 0 Å². The highest BCUT2D eigenvalue weighted by Gasteiger charge is 2.30. The predicted molar refractivity (Wildman–Crippen MR) is 82.1 cm³/mol. The summed E-state index contributed by atoms with van der Waals surface area (Å²) in [6.45, 7) is 4.69. The van der Waals surface area contributed by atoms with Gasteiger partial charge in [-0.2, -0.15) is 0 Å². The molecule has 1 aliphatic rings. The summed E-state index contributed by atoms with van der Waals surface area (Å²) in [5.41, 5.74) is 7.61. The number of benzene rings is 1. The van der Waals surface area contributed by atoms with Gasteiger partial charge >= 0.3 is 0 Å². The Kier molecular flexibility index (Phi) is 4.92. The van der Waals surface area contributed by atoms with E-state index in [1.165, 1.54) is 19.3 Å². The van der Waals surface area contributed by atoms with Gasteiger partial charge in [0, 0.05) is 11.6 Å². The summed E-state index contributed by atoms with van der Waals surface area (Å²) < 4.78 is 10.9. The molecule has 2 rings (SSSR count). The van der Waals surface area contributed by atoms with Gasteiger partial charge in [0.15, 0.2) is 11.5 Å². The molecule has 0 spiro atoms. The van der Waals surface area contributed by atoms with Gasteiger partial charge in [0.05, 0.1) is 14.2 Å². The van der Waals surface area contributed by atoms with E-state index >= 15 is 0 Å². The van der Waals surface area contributed by atoms with Crippen LogP contribution in [-0.2, 0) is 0 Å². The first-order chi connectivity index (χ1) is 9.58. The molecule has 1 saturated carbocycles. The highest BCUT2D eigenvalue weighted by molar-refractivity contribution is 5.48. The molecule has 0 aliphatic heterocycles. The maximum Gasteiger partial charge on any atom is 0.165 e. The van der Waals surface area contributed by atoms with Crippen LogP contribution in [0.1, 0.15) is 44.7 Å². The van der Waals surface area contributed by atoms with E-state index in [-0.39, 0.29) is 6.04 Å². The van der Waals surface area contributed by atoms with Crippen molar-refractivity contribution in [2.24, 2.45) is 23.5 Å². The van der Waals surface area contributed by atoms with Crippen molar-refractivity contribution < 1.29 is 9.47 Å². The van der Waals surface area contributed by atoms with Crippen molar-refractivity contribution in [2.75, 3.05) is 14.2 Å². The van der Waals surface area contributed by atoms with Crippen LogP contribution in [0.4, 0.5) is 0 Å². The van der Waals surface area contributed by atoms with Crippen LogP contribution in [0, 0.1) is 17.8 Å². The van der Waals surface area contributed by atoms with Crippen LogP contribution in [0.2, 0.25) is 0 Å². The van der Waals surface area contributed by atoms with Crippen LogP contribution in [0.25, 0.3) is 0 Å². The van der Waals surface area contributed by atoms with Crippen LogP contribution in [-0.4, -0.2) is 14.2 Å². The van der Waals surface area contributed by atoms with Crippen LogP contribution in [0.3, 0.4) is 0 Å². The Labute approximate surface area is 122 Å². The van der Waals surface area contributed by atoms with E-state index in [9.17, 15) is 0 Å². The molecule has 0 aromatic heterocycles. The molecule has 0 amide bonds. The second kappa shape index (κ2) is 6.49. The molecule has 3 heteroatoms. The fraction of sp³-hybridized carbons (Fsp3) is 0.647. The van der Waals surface area contributed by atoms with E-state index in [4.69, 9.17) is 15.2 Å². The van der Waals surface area contributed by atoms with Crippen LogP contribution in [0.15, 0.2) is 18.2 Å². The molecule has 0 heterocycles. The molecule has 0 radical (unpaired) electrons. The van der Waals surface area contributed by atoms with Crippen molar-refractivity contribution in [2.45, 2.75) is 39.2 Å². The maximum absolute atomic E-state index is 6.54. The third kappa shape index (κ3) is 2.93. The summed E-state index contributed by atoms with van der Waals surface area (Å²) in [7, 11) is 3.34. The number of hydrogen-bond donors (Lipinski definition) is 1. The van der Waals surface area contributed by atoms with Gasteiger partial charge in [-0.1, -0.05) is 32.4 Å². The van der Waals surface area contributed by atoms with Crippen molar-refractivity contribution in [3.8, 4) is 11.5 Å². The zero-order valence-electron chi connectivity index (χ0n) is 13.1. The standard InChI is InChI=1S/C17H27NO2/c1-11-8-9-13(10-12(11)2)16(18)14-6-5-7-15(19-3)17(14)20-4/h5-7,11-13,16H,8-10,18H2,1-4H3. The Hall–Kier alpha value is -1.22. The van der Waals surface area contributed by atoms with E-state index in [1.807, 2.05) is 12.1 Å². The van der Waals surface area contributed by atoms with Gasteiger partial charge in [0.1, 0.15) is 0 Å². The predicted octanol–water partition coefficient (Wildman–Crippen LogP) is 3.78. The molecule has 1 fully saturated rings. The van der Waals surface area contributed by atoms with Gasteiger partial charge in [-0.3, -0.25) is 0 Å². The van der Waals surface area contributed by atoms with Gasteiger partial charge in [-0.25, -0.2) is 0 Å². The number of ether oxygens (including phenoxy) is 2. The van der Waals surface area contributed by atoms with Gasteiger partial charge in [0.2, 0.25) is 0 Å². The normalized spacial score (nSPS) is 27.9. The molecule has 0 bridgehead atoms. The second-order valence-corrected chi connectivity index (χ2v) is 6.14. The topological polar surface area (TPSA) is 44.5 Å². The molecule has 0 saturated heterocycles. The van der Waals surface area contributed by atoms with E-state index in [0.29, 0.717) is 5.92 Å². The molecular weight excluding hydrogens is 250 g/mol. The fourth-order valence-corrected chi connectivity index (χ4v) is 3.34. The lowest BCUT2D eigenvalue weighted by molar-refractivity contribution is 0.184. The van der Waals surface area contributed by atoms with Crippen molar-refractivity contribution in [1.82, 2.24) is 0 Å². The first-order valence-corrected chi connectivity index (χ1v) is 7.55. The summed E-state index contributed by atoms with van der Waals surface area (Å²) in [5, 5.41) is 0. The molecule has 4 atom stereocenters. The third-order valence-electron chi connectivity index (χ3n) is 4.94. The van der Waals surface area contributed by atoms with Gasteiger partial charge < -0.3 is 15.2 Å². The molecule has 112 valence electrons. The minimum atomic E-state index is 0.0231. The summed E-state index contributed by atoms with van der Waals surface area (Å²) in [6.07, 6.45) is 3.67. The van der Waals surface area contributed by atoms with E-state index in [2.05, 4.69) is 19.9 Å². The molecule has 4 unspecified atom stereocenters. The lowest BCUT2D eigenvalue weighted by Crippen LogP contribution is -2.29. The average Bonchev–Trinajstić information content (AvgIpc) is 2.48.